The second-order valence-corrected chi connectivity index (χ2v) is 4.19. The largest absolute Gasteiger partial charge is 0.444 e. The van der Waals surface area contributed by atoms with Crippen LogP contribution in [0.1, 0.15) is 5.69 Å². The van der Waals surface area contributed by atoms with Gasteiger partial charge in [0.25, 0.3) is 0 Å². The summed E-state index contributed by atoms with van der Waals surface area (Å²) in [4.78, 5) is 4.26. The van der Waals surface area contributed by atoms with Gasteiger partial charge in [0.2, 0.25) is 5.89 Å². The number of nitrogens with zero attached hydrogens (tertiary/aromatic N) is 1. The molecule has 1 aromatic heterocycles. The third-order valence-electron chi connectivity index (χ3n) is 1.79. The van der Waals surface area contributed by atoms with Crippen LogP contribution < -0.4 is 0 Å². The van der Waals surface area contributed by atoms with Crippen molar-refractivity contribution in [3.05, 3.63) is 39.8 Å². The first-order valence-electron chi connectivity index (χ1n) is 4.06. The minimum Gasteiger partial charge on any atom is -0.444 e. The van der Waals surface area contributed by atoms with E-state index in [9.17, 15) is 0 Å². The molecule has 0 bridgehead atoms. The van der Waals surface area contributed by atoms with Crippen molar-refractivity contribution in [2.75, 3.05) is 0 Å². The van der Waals surface area contributed by atoms with Gasteiger partial charge in [0.15, 0.2) is 0 Å². The molecule has 0 unspecified atom stereocenters. The Balaban J connectivity index is 2.44. The minimum atomic E-state index is 0.382. The van der Waals surface area contributed by atoms with Crippen molar-refractivity contribution >= 4 is 34.2 Å². The molecule has 0 saturated heterocycles. The summed E-state index contributed by atoms with van der Waals surface area (Å²) in [5.74, 6) is 1.01. The van der Waals surface area contributed by atoms with Crippen LogP contribution in [0, 0.1) is 3.57 Å². The molecule has 1 heterocycles. The maximum Gasteiger partial charge on any atom is 0.227 e. The van der Waals surface area contributed by atoms with Gasteiger partial charge in [-0.15, -0.1) is 11.6 Å². The van der Waals surface area contributed by atoms with Gasteiger partial charge in [-0.3, -0.25) is 0 Å². The van der Waals surface area contributed by atoms with Gasteiger partial charge in [-0.05, 0) is 34.7 Å². The fourth-order valence-corrected chi connectivity index (χ4v) is 1.87. The van der Waals surface area contributed by atoms with Crippen molar-refractivity contribution in [1.82, 2.24) is 4.98 Å². The first kappa shape index (κ1) is 9.98. The summed E-state index contributed by atoms with van der Waals surface area (Å²) in [5.41, 5.74) is 1.77. The predicted molar refractivity (Wildman–Crippen MR) is 64.2 cm³/mol. The first-order chi connectivity index (χ1) is 6.81. The van der Waals surface area contributed by atoms with Crippen molar-refractivity contribution in [2.45, 2.75) is 5.88 Å². The zero-order valence-electron chi connectivity index (χ0n) is 7.21. The Labute approximate surface area is 100 Å². The summed E-state index contributed by atoms with van der Waals surface area (Å²) in [6.45, 7) is 0. The van der Waals surface area contributed by atoms with E-state index in [-0.39, 0.29) is 0 Å². The number of rotatable bonds is 2. The highest BCUT2D eigenvalue weighted by molar-refractivity contribution is 14.1. The second-order valence-electron chi connectivity index (χ2n) is 2.76. The number of aromatic nitrogens is 1. The van der Waals surface area contributed by atoms with E-state index in [0.717, 1.165) is 14.8 Å². The summed E-state index contributed by atoms with van der Waals surface area (Å²) >= 11 is 7.90. The monoisotopic (exact) mass is 319 g/mol. The van der Waals surface area contributed by atoms with Crippen molar-refractivity contribution in [2.24, 2.45) is 0 Å². The Kier molecular flexibility index (Phi) is 3.08. The molecule has 0 N–H and O–H groups in total. The van der Waals surface area contributed by atoms with Crippen LogP contribution >= 0.6 is 34.2 Å². The van der Waals surface area contributed by atoms with Gasteiger partial charge in [-0.2, -0.15) is 0 Å². The van der Waals surface area contributed by atoms with Gasteiger partial charge >= 0.3 is 0 Å². The fraction of sp³-hybridized carbons (Fsp3) is 0.100. The van der Waals surface area contributed by atoms with E-state index < -0.39 is 0 Å². The maximum absolute atomic E-state index is 5.64. The molecule has 0 fully saturated rings. The molecule has 2 rings (SSSR count). The predicted octanol–water partition coefficient (Wildman–Crippen LogP) is 3.69. The van der Waals surface area contributed by atoms with Crippen LogP contribution in [0.3, 0.4) is 0 Å². The lowest BCUT2D eigenvalue weighted by Crippen LogP contribution is -1.83. The Bertz CT molecular complexity index is 441. The van der Waals surface area contributed by atoms with Gasteiger partial charge in [-0.1, -0.05) is 12.1 Å². The number of benzene rings is 1. The standard InChI is InChI=1S/C10H7ClINO/c11-5-7-6-14-10(13-7)8-3-1-2-4-9(8)12/h1-4,6H,5H2. The molecule has 14 heavy (non-hydrogen) atoms. The maximum atomic E-state index is 5.64. The zero-order chi connectivity index (χ0) is 9.97. The summed E-state index contributed by atoms with van der Waals surface area (Å²) in [6.07, 6.45) is 1.59. The summed E-state index contributed by atoms with van der Waals surface area (Å²) in [7, 11) is 0. The van der Waals surface area contributed by atoms with Gasteiger partial charge in [0.1, 0.15) is 6.26 Å². The Morgan fingerprint density at radius 2 is 2.14 bits per heavy atom. The van der Waals surface area contributed by atoms with E-state index in [2.05, 4.69) is 27.6 Å². The Morgan fingerprint density at radius 1 is 1.36 bits per heavy atom. The third kappa shape index (κ3) is 1.93. The number of hydrogen-bond donors (Lipinski definition) is 0. The van der Waals surface area contributed by atoms with E-state index >= 15 is 0 Å². The van der Waals surface area contributed by atoms with E-state index in [1.54, 1.807) is 6.26 Å². The van der Waals surface area contributed by atoms with Crippen molar-refractivity contribution in [3.8, 4) is 11.5 Å². The van der Waals surface area contributed by atoms with Crippen LogP contribution in [0.15, 0.2) is 34.9 Å². The van der Waals surface area contributed by atoms with E-state index in [1.165, 1.54) is 0 Å². The first-order valence-corrected chi connectivity index (χ1v) is 5.68. The average molecular weight is 320 g/mol. The average Bonchev–Trinajstić information content (AvgIpc) is 2.67. The number of hydrogen-bond acceptors (Lipinski definition) is 2. The number of halogens is 2. The highest BCUT2D eigenvalue weighted by atomic mass is 127. The molecule has 0 spiro atoms. The van der Waals surface area contributed by atoms with E-state index in [1.807, 2.05) is 24.3 Å². The third-order valence-corrected chi connectivity index (χ3v) is 3.01. The molecular weight excluding hydrogens is 312 g/mol. The second kappa shape index (κ2) is 4.31. The molecule has 0 aliphatic carbocycles. The van der Waals surface area contributed by atoms with Crippen LogP contribution in [0.4, 0.5) is 0 Å². The smallest absolute Gasteiger partial charge is 0.227 e. The molecule has 0 atom stereocenters. The molecule has 1 aromatic carbocycles. The van der Waals surface area contributed by atoms with Crippen LogP contribution in [0.5, 0.6) is 0 Å². The van der Waals surface area contributed by atoms with Crippen molar-refractivity contribution < 1.29 is 4.42 Å². The molecule has 0 aliphatic heterocycles. The van der Waals surface area contributed by atoms with Gasteiger partial charge in [-0.25, -0.2) is 4.98 Å². The highest BCUT2D eigenvalue weighted by Gasteiger charge is 2.08. The molecule has 2 nitrogen and oxygen atoms in total. The highest BCUT2D eigenvalue weighted by Crippen LogP contribution is 2.24. The van der Waals surface area contributed by atoms with Crippen LogP contribution in [-0.2, 0) is 5.88 Å². The zero-order valence-corrected chi connectivity index (χ0v) is 10.1. The van der Waals surface area contributed by atoms with E-state index in [4.69, 9.17) is 16.0 Å². The Morgan fingerprint density at radius 3 is 2.79 bits per heavy atom. The van der Waals surface area contributed by atoms with Crippen LogP contribution in [0.25, 0.3) is 11.5 Å². The number of oxazole rings is 1. The molecule has 0 amide bonds. The quantitative estimate of drug-likeness (QED) is 0.623. The lowest BCUT2D eigenvalue weighted by Gasteiger charge is -1.97. The molecule has 4 heteroatoms. The molecule has 2 aromatic rings. The van der Waals surface area contributed by atoms with Gasteiger partial charge < -0.3 is 4.42 Å². The van der Waals surface area contributed by atoms with Gasteiger partial charge in [0.05, 0.1) is 17.1 Å². The lowest BCUT2D eigenvalue weighted by atomic mass is 10.2. The fourth-order valence-electron chi connectivity index (χ4n) is 1.13. The van der Waals surface area contributed by atoms with Crippen LogP contribution in [0.2, 0.25) is 0 Å². The van der Waals surface area contributed by atoms with Crippen molar-refractivity contribution in [1.29, 1.82) is 0 Å². The minimum absolute atomic E-state index is 0.382. The summed E-state index contributed by atoms with van der Waals surface area (Å²) in [6, 6.07) is 7.94. The Hall–Kier alpha value is -0.550. The molecular formula is C10H7ClINO. The summed E-state index contributed by atoms with van der Waals surface area (Å²) < 4.78 is 6.44. The normalized spacial score (nSPS) is 10.4. The molecule has 72 valence electrons. The molecule has 0 saturated carbocycles. The lowest BCUT2D eigenvalue weighted by molar-refractivity contribution is 0.573. The number of alkyl halides is 1. The molecule has 0 radical (unpaired) electrons. The molecule has 0 aliphatic rings. The van der Waals surface area contributed by atoms with Crippen LogP contribution in [-0.4, -0.2) is 4.98 Å². The van der Waals surface area contributed by atoms with Gasteiger partial charge in [0, 0.05) is 3.57 Å². The summed E-state index contributed by atoms with van der Waals surface area (Å²) in [5, 5.41) is 0. The SMILES string of the molecule is ClCc1coc(-c2ccccc2I)n1. The van der Waals surface area contributed by atoms with E-state index in [0.29, 0.717) is 11.8 Å². The van der Waals surface area contributed by atoms with Crippen molar-refractivity contribution in [3.63, 3.8) is 0 Å². The topological polar surface area (TPSA) is 26.0 Å².